The fraction of sp³-hybridized carbons (Fsp3) is 0.909. The van der Waals surface area contributed by atoms with Gasteiger partial charge in [-0.3, -0.25) is 4.79 Å². The molecule has 84 valence electrons. The van der Waals surface area contributed by atoms with Gasteiger partial charge < -0.3 is 10.1 Å². The molecule has 1 N–H and O–H groups in total. The number of nitrogens with one attached hydrogen (secondary N) is 1. The van der Waals surface area contributed by atoms with Gasteiger partial charge in [0.15, 0.2) is 0 Å². The van der Waals surface area contributed by atoms with Crippen molar-refractivity contribution in [1.82, 2.24) is 5.32 Å². The summed E-state index contributed by atoms with van der Waals surface area (Å²) in [5.41, 5.74) is -0.373. The monoisotopic (exact) mass is 201 g/mol. The zero-order chi connectivity index (χ0) is 11.0. The lowest BCUT2D eigenvalue weighted by Gasteiger charge is -2.25. The van der Waals surface area contributed by atoms with E-state index >= 15 is 0 Å². The summed E-state index contributed by atoms with van der Waals surface area (Å²) in [5, 5.41) is 2.68. The molecular formula is C11H23NO2. The van der Waals surface area contributed by atoms with Gasteiger partial charge >= 0.3 is 0 Å². The molecule has 3 heteroatoms. The van der Waals surface area contributed by atoms with Crippen LogP contribution in [0.25, 0.3) is 0 Å². The topological polar surface area (TPSA) is 38.3 Å². The third-order valence-electron chi connectivity index (χ3n) is 2.62. The van der Waals surface area contributed by atoms with Crippen molar-refractivity contribution in [2.75, 3.05) is 20.3 Å². The molecule has 0 aromatic heterocycles. The SMILES string of the molecule is CCCCOCC(C)(CC)C(=O)NC. The van der Waals surface area contributed by atoms with E-state index in [1.165, 1.54) is 0 Å². The first-order valence-electron chi connectivity index (χ1n) is 5.40. The van der Waals surface area contributed by atoms with Crippen molar-refractivity contribution in [3.8, 4) is 0 Å². The van der Waals surface area contributed by atoms with Gasteiger partial charge in [0.1, 0.15) is 0 Å². The normalized spacial score (nSPS) is 14.9. The molecule has 0 radical (unpaired) electrons. The first kappa shape index (κ1) is 13.4. The molecule has 3 nitrogen and oxygen atoms in total. The predicted octanol–water partition coefficient (Wildman–Crippen LogP) is 1.97. The van der Waals surface area contributed by atoms with Crippen LogP contribution in [-0.2, 0) is 9.53 Å². The molecule has 0 saturated carbocycles. The van der Waals surface area contributed by atoms with Gasteiger partial charge in [-0.2, -0.15) is 0 Å². The van der Waals surface area contributed by atoms with E-state index < -0.39 is 0 Å². The van der Waals surface area contributed by atoms with Crippen LogP contribution >= 0.6 is 0 Å². The van der Waals surface area contributed by atoms with Crippen LogP contribution in [0.2, 0.25) is 0 Å². The van der Waals surface area contributed by atoms with Gasteiger partial charge in [-0.15, -0.1) is 0 Å². The molecule has 1 amide bonds. The molecule has 0 aliphatic heterocycles. The third-order valence-corrected chi connectivity index (χ3v) is 2.62. The quantitative estimate of drug-likeness (QED) is 0.639. The van der Waals surface area contributed by atoms with Crippen LogP contribution in [0, 0.1) is 5.41 Å². The lowest BCUT2D eigenvalue weighted by atomic mass is 9.87. The first-order chi connectivity index (χ1) is 6.60. The fourth-order valence-corrected chi connectivity index (χ4v) is 1.17. The van der Waals surface area contributed by atoms with E-state index in [1.807, 2.05) is 13.8 Å². The summed E-state index contributed by atoms with van der Waals surface area (Å²) < 4.78 is 5.49. The molecule has 1 unspecified atom stereocenters. The maximum Gasteiger partial charge on any atom is 0.228 e. The molecular weight excluding hydrogens is 178 g/mol. The lowest BCUT2D eigenvalue weighted by Crippen LogP contribution is -2.40. The summed E-state index contributed by atoms with van der Waals surface area (Å²) in [6.07, 6.45) is 3.00. The molecule has 0 aliphatic rings. The summed E-state index contributed by atoms with van der Waals surface area (Å²) in [6.45, 7) is 7.35. The summed E-state index contributed by atoms with van der Waals surface area (Å²) in [4.78, 5) is 11.5. The van der Waals surface area contributed by atoms with E-state index in [1.54, 1.807) is 7.05 Å². The minimum atomic E-state index is -0.373. The predicted molar refractivity (Wildman–Crippen MR) is 58.2 cm³/mol. The molecule has 0 fully saturated rings. The number of carbonyl (C=O) groups is 1. The molecule has 0 saturated heterocycles. The average Bonchev–Trinajstić information content (AvgIpc) is 2.22. The van der Waals surface area contributed by atoms with Gasteiger partial charge in [0.25, 0.3) is 0 Å². The Bertz CT molecular complexity index is 171. The van der Waals surface area contributed by atoms with Gasteiger partial charge in [0.05, 0.1) is 12.0 Å². The van der Waals surface area contributed by atoms with Gasteiger partial charge in [0, 0.05) is 13.7 Å². The van der Waals surface area contributed by atoms with E-state index in [9.17, 15) is 4.79 Å². The second-order valence-corrected chi connectivity index (χ2v) is 3.90. The maximum atomic E-state index is 11.5. The van der Waals surface area contributed by atoms with Crippen LogP contribution in [-0.4, -0.2) is 26.2 Å². The van der Waals surface area contributed by atoms with E-state index in [0.717, 1.165) is 25.9 Å². The number of hydrogen-bond acceptors (Lipinski definition) is 2. The Kier molecular flexibility index (Phi) is 6.54. The van der Waals surface area contributed by atoms with Gasteiger partial charge in [0.2, 0.25) is 5.91 Å². The highest BCUT2D eigenvalue weighted by Gasteiger charge is 2.30. The highest BCUT2D eigenvalue weighted by atomic mass is 16.5. The maximum absolute atomic E-state index is 11.5. The van der Waals surface area contributed by atoms with Crippen molar-refractivity contribution < 1.29 is 9.53 Å². The molecule has 1 atom stereocenters. The third kappa shape index (κ3) is 4.09. The number of carbonyl (C=O) groups excluding carboxylic acids is 1. The Labute approximate surface area is 87.2 Å². The van der Waals surface area contributed by atoms with Crippen molar-refractivity contribution in [2.45, 2.75) is 40.0 Å². The molecule has 0 heterocycles. The van der Waals surface area contributed by atoms with Crippen molar-refractivity contribution in [3.63, 3.8) is 0 Å². The standard InChI is InChI=1S/C11H23NO2/c1-5-7-8-14-9-11(3,6-2)10(13)12-4/h5-9H2,1-4H3,(H,12,13). The first-order valence-corrected chi connectivity index (χ1v) is 5.40. The number of rotatable bonds is 7. The van der Waals surface area contributed by atoms with Gasteiger partial charge in [-0.1, -0.05) is 20.3 Å². The molecule has 0 aliphatic carbocycles. The summed E-state index contributed by atoms with van der Waals surface area (Å²) >= 11 is 0. The highest BCUT2D eigenvalue weighted by Crippen LogP contribution is 2.21. The Morgan fingerprint density at radius 1 is 1.43 bits per heavy atom. The second kappa shape index (κ2) is 6.82. The van der Waals surface area contributed by atoms with Crippen LogP contribution in [0.4, 0.5) is 0 Å². The van der Waals surface area contributed by atoms with E-state index in [-0.39, 0.29) is 11.3 Å². The fourth-order valence-electron chi connectivity index (χ4n) is 1.17. The van der Waals surface area contributed by atoms with Crippen molar-refractivity contribution in [3.05, 3.63) is 0 Å². The largest absolute Gasteiger partial charge is 0.380 e. The summed E-state index contributed by atoms with van der Waals surface area (Å²) in [6, 6.07) is 0. The molecule has 0 aromatic rings. The minimum absolute atomic E-state index is 0.0662. The number of amides is 1. The van der Waals surface area contributed by atoms with Crippen molar-refractivity contribution >= 4 is 5.91 Å². The molecule has 0 aromatic carbocycles. The minimum Gasteiger partial charge on any atom is -0.380 e. The van der Waals surface area contributed by atoms with Crippen molar-refractivity contribution in [1.29, 1.82) is 0 Å². The smallest absolute Gasteiger partial charge is 0.228 e. The van der Waals surface area contributed by atoms with Crippen LogP contribution in [0.3, 0.4) is 0 Å². The molecule has 0 rings (SSSR count). The van der Waals surface area contributed by atoms with E-state index in [4.69, 9.17) is 4.74 Å². The molecule has 14 heavy (non-hydrogen) atoms. The van der Waals surface area contributed by atoms with Gasteiger partial charge in [-0.05, 0) is 19.8 Å². The number of unbranched alkanes of at least 4 members (excludes halogenated alkanes) is 1. The number of hydrogen-bond donors (Lipinski definition) is 1. The van der Waals surface area contributed by atoms with Crippen LogP contribution in [0.1, 0.15) is 40.0 Å². The van der Waals surface area contributed by atoms with E-state index in [2.05, 4.69) is 12.2 Å². The highest BCUT2D eigenvalue weighted by molar-refractivity contribution is 5.81. The molecule has 0 spiro atoms. The zero-order valence-electron chi connectivity index (χ0n) is 9.85. The number of ether oxygens (including phenoxy) is 1. The lowest BCUT2D eigenvalue weighted by molar-refractivity contribution is -0.133. The van der Waals surface area contributed by atoms with Crippen molar-refractivity contribution in [2.24, 2.45) is 5.41 Å². The Hall–Kier alpha value is -0.570. The van der Waals surface area contributed by atoms with Crippen LogP contribution < -0.4 is 5.32 Å². The zero-order valence-corrected chi connectivity index (χ0v) is 9.85. The van der Waals surface area contributed by atoms with Crippen LogP contribution in [0.5, 0.6) is 0 Å². The Balaban J connectivity index is 3.93. The Morgan fingerprint density at radius 2 is 2.07 bits per heavy atom. The van der Waals surface area contributed by atoms with Gasteiger partial charge in [-0.25, -0.2) is 0 Å². The van der Waals surface area contributed by atoms with E-state index in [0.29, 0.717) is 6.61 Å². The summed E-state index contributed by atoms with van der Waals surface area (Å²) in [5.74, 6) is 0.0662. The van der Waals surface area contributed by atoms with Crippen LogP contribution in [0.15, 0.2) is 0 Å². The molecule has 0 bridgehead atoms. The average molecular weight is 201 g/mol. The summed E-state index contributed by atoms with van der Waals surface area (Å²) in [7, 11) is 1.67. The Morgan fingerprint density at radius 3 is 2.50 bits per heavy atom. The second-order valence-electron chi connectivity index (χ2n) is 3.90.